The maximum absolute atomic E-state index is 5.14. The Hall–Kier alpha value is -1.60. The van der Waals surface area contributed by atoms with Crippen LogP contribution in [0.3, 0.4) is 0 Å². The monoisotopic (exact) mass is 242 g/mol. The van der Waals surface area contributed by atoms with Crippen LogP contribution < -0.4 is 0 Å². The molecule has 0 fully saturated rings. The van der Waals surface area contributed by atoms with Crippen molar-refractivity contribution in [2.75, 3.05) is 7.11 Å². The van der Waals surface area contributed by atoms with Gasteiger partial charge in [0.2, 0.25) is 0 Å². The molecule has 96 valence electrons. The molecule has 2 rings (SSSR count). The summed E-state index contributed by atoms with van der Waals surface area (Å²) in [4.78, 5) is 0. The lowest BCUT2D eigenvalue weighted by Crippen LogP contribution is -1.93. The van der Waals surface area contributed by atoms with Crippen molar-refractivity contribution in [3.63, 3.8) is 0 Å². The molecule has 0 saturated heterocycles. The molecule has 0 amide bonds. The number of aryl methyl sites for hydroxylation is 1. The largest absolute Gasteiger partial charge is 0.377 e. The van der Waals surface area contributed by atoms with E-state index in [4.69, 9.17) is 4.74 Å². The molecule has 0 heterocycles. The van der Waals surface area contributed by atoms with E-state index in [0.717, 1.165) is 6.42 Å². The Bertz CT molecular complexity index is 408. The first kappa shape index (κ1) is 14.5. The molecule has 1 atom stereocenters. The van der Waals surface area contributed by atoms with Gasteiger partial charge in [-0.1, -0.05) is 67.6 Å². The van der Waals surface area contributed by atoms with Crippen molar-refractivity contribution in [1.29, 1.82) is 0 Å². The lowest BCUT2D eigenvalue weighted by molar-refractivity contribution is 0.119. The van der Waals surface area contributed by atoms with Crippen LogP contribution in [0.15, 0.2) is 60.7 Å². The van der Waals surface area contributed by atoms with Crippen molar-refractivity contribution in [3.8, 4) is 0 Å². The molecular weight excluding hydrogens is 220 g/mol. The summed E-state index contributed by atoms with van der Waals surface area (Å²) in [5.41, 5.74) is 2.64. The Morgan fingerprint density at radius 1 is 0.889 bits per heavy atom. The molecule has 0 spiro atoms. The van der Waals surface area contributed by atoms with Gasteiger partial charge in [0.05, 0.1) is 6.10 Å². The van der Waals surface area contributed by atoms with Gasteiger partial charge in [-0.05, 0) is 24.5 Å². The van der Waals surface area contributed by atoms with Gasteiger partial charge in [0.25, 0.3) is 0 Å². The highest BCUT2D eigenvalue weighted by atomic mass is 16.5. The van der Waals surface area contributed by atoms with Crippen LogP contribution in [0.1, 0.15) is 31.1 Å². The number of methoxy groups -OCH3 is 1. The summed E-state index contributed by atoms with van der Waals surface area (Å²) >= 11 is 0. The standard InChI is InChI=1S/C9H12O.C8H10/c1-8(10-2)9-6-4-3-5-7-9;1-2-8-6-4-3-5-7-8/h3-8H,1-2H3;3-7H,2H2,1H3. The third-order valence-corrected chi connectivity index (χ3v) is 2.87. The van der Waals surface area contributed by atoms with Crippen molar-refractivity contribution >= 4 is 0 Å². The van der Waals surface area contributed by atoms with Crippen molar-refractivity contribution in [1.82, 2.24) is 0 Å². The fourth-order valence-electron chi connectivity index (χ4n) is 1.57. The van der Waals surface area contributed by atoms with Crippen LogP contribution in [0.4, 0.5) is 0 Å². The lowest BCUT2D eigenvalue weighted by Gasteiger charge is -2.07. The van der Waals surface area contributed by atoms with Crippen molar-refractivity contribution < 1.29 is 4.74 Å². The van der Waals surface area contributed by atoms with E-state index in [2.05, 4.69) is 43.3 Å². The Balaban J connectivity index is 0.000000184. The number of benzene rings is 2. The maximum atomic E-state index is 5.14. The average Bonchev–Trinajstić information content (AvgIpc) is 2.49. The fraction of sp³-hybridized carbons (Fsp3) is 0.294. The van der Waals surface area contributed by atoms with Gasteiger partial charge in [-0.15, -0.1) is 0 Å². The van der Waals surface area contributed by atoms with Crippen LogP contribution in [0, 0.1) is 0 Å². The predicted molar refractivity (Wildman–Crippen MR) is 77.7 cm³/mol. The molecule has 0 aromatic heterocycles. The van der Waals surface area contributed by atoms with Crippen molar-refractivity contribution in [2.24, 2.45) is 0 Å². The number of rotatable bonds is 3. The van der Waals surface area contributed by atoms with E-state index in [-0.39, 0.29) is 6.10 Å². The van der Waals surface area contributed by atoms with Gasteiger partial charge in [-0.2, -0.15) is 0 Å². The first-order chi connectivity index (χ1) is 8.77. The van der Waals surface area contributed by atoms with E-state index < -0.39 is 0 Å². The highest BCUT2D eigenvalue weighted by molar-refractivity contribution is 5.16. The Labute approximate surface area is 110 Å². The first-order valence-corrected chi connectivity index (χ1v) is 6.39. The number of hydrogen-bond acceptors (Lipinski definition) is 1. The van der Waals surface area contributed by atoms with E-state index in [1.54, 1.807) is 7.11 Å². The zero-order chi connectivity index (χ0) is 13.2. The molecule has 1 heteroatoms. The van der Waals surface area contributed by atoms with Crippen LogP contribution in [0.2, 0.25) is 0 Å². The average molecular weight is 242 g/mol. The van der Waals surface area contributed by atoms with Crippen LogP contribution in [0.5, 0.6) is 0 Å². The molecule has 1 nitrogen and oxygen atoms in total. The minimum absolute atomic E-state index is 0.209. The molecule has 0 bridgehead atoms. The number of hydrogen-bond donors (Lipinski definition) is 0. The summed E-state index contributed by atoms with van der Waals surface area (Å²) in [6.45, 7) is 4.20. The van der Waals surface area contributed by atoms with Crippen LogP contribution in [-0.2, 0) is 11.2 Å². The topological polar surface area (TPSA) is 9.23 Å². The molecule has 0 N–H and O–H groups in total. The SMILES string of the molecule is CCc1ccccc1.COC(C)c1ccccc1. The summed E-state index contributed by atoms with van der Waals surface area (Å²) in [6, 6.07) is 20.6. The van der Waals surface area contributed by atoms with Crippen molar-refractivity contribution in [3.05, 3.63) is 71.8 Å². The highest BCUT2D eigenvalue weighted by Crippen LogP contribution is 2.13. The predicted octanol–water partition coefficient (Wildman–Crippen LogP) is 4.64. The molecule has 2 aromatic rings. The van der Waals surface area contributed by atoms with Gasteiger partial charge in [0.1, 0.15) is 0 Å². The third-order valence-electron chi connectivity index (χ3n) is 2.87. The Morgan fingerprint density at radius 2 is 1.39 bits per heavy atom. The van der Waals surface area contributed by atoms with Crippen LogP contribution >= 0.6 is 0 Å². The summed E-state index contributed by atoms with van der Waals surface area (Å²) in [5.74, 6) is 0. The van der Waals surface area contributed by atoms with Crippen LogP contribution in [-0.4, -0.2) is 7.11 Å². The summed E-state index contributed by atoms with van der Waals surface area (Å²) < 4.78 is 5.14. The Morgan fingerprint density at radius 3 is 1.78 bits per heavy atom. The van der Waals surface area contributed by atoms with E-state index in [1.807, 2.05) is 31.2 Å². The minimum atomic E-state index is 0.209. The second-order valence-corrected chi connectivity index (χ2v) is 4.13. The lowest BCUT2D eigenvalue weighted by atomic mass is 10.1. The second kappa shape index (κ2) is 8.48. The summed E-state index contributed by atoms with van der Waals surface area (Å²) in [6.07, 6.45) is 1.35. The molecule has 0 radical (unpaired) electrons. The van der Waals surface area contributed by atoms with Crippen LogP contribution in [0.25, 0.3) is 0 Å². The van der Waals surface area contributed by atoms with Crippen molar-refractivity contribution in [2.45, 2.75) is 26.4 Å². The molecule has 2 aromatic carbocycles. The molecule has 0 aliphatic heterocycles. The highest BCUT2D eigenvalue weighted by Gasteiger charge is 1.99. The zero-order valence-corrected chi connectivity index (χ0v) is 11.5. The molecule has 0 aliphatic rings. The molecular formula is C17H22O. The summed E-state index contributed by atoms with van der Waals surface area (Å²) in [7, 11) is 1.72. The summed E-state index contributed by atoms with van der Waals surface area (Å²) in [5, 5.41) is 0. The van der Waals surface area contributed by atoms with E-state index in [9.17, 15) is 0 Å². The van der Waals surface area contributed by atoms with Gasteiger partial charge in [-0.3, -0.25) is 0 Å². The smallest absolute Gasteiger partial charge is 0.0793 e. The third kappa shape index (κ3) is 5.15. The molecule has 1 unspecified atom stereocenters. The second-order valence-electron chi connectivity index (χ2n) is 4.13. The quantitative estimate of drug-likeness (QED) is 0.761. The fourth-order valence-corrected chi connectivity index (χ4v) is 1.57. The molecule has 0 saturated carbocycles. The first-order valence-electron chi connectivity index (χ1n) is 6.39. The van der Waals surface area contributed by atoms with E-state index in [0.29, 0.717) is 0 Å². The maximum Gasteiger partial charge on any atom is 0.0793 e. The van der Waals surface area contributed by atoms with Gasteiger partial charge >= 0.3 is 0 Å². The van der Waals surface area contributed by atoms with Gasteiger partial charge in [0.15, 0.2) is 0 Å². The number of ether oxygens (including phenoxy) is 1. The van der Waals surface area contributed by atoms with Gasteiger partial charge < -0.3 is 4.74 Å². The van der Waals surface area contributed by atoms with E-state index >= 15 is 0 Å². The normalized spacial score (nSPS) is 11.3. The van der Waals surface area contributed by atoms with Gasteiger partial charge in [0, 0.05) is 7.11 Å². The zero-order valence-electron chi connectivity index (χ0n) is 11.5. The van der Waals surface area contributed by atoms with Gasteiger partial charge in [-0.25, -0.2) is 0 Å². The van der Waals surface area contributed by atoms with E-state index in [1.165, 1.54) is 11.1 Å². The molecule has 0 aliphatic carbocycles. The minimum Gasteiger partial charge on any atom is -0.377 e. The Kier molecular flexibility index (Phi) is 6.82. The molecule has 18 heavy (non-hydrogen) atoms.